The minimum absolute atomic E-state index is 0.0436. The van der Waals surface area contributed by atoms with E-state index in [0.29, 0.717) is 16.1 Å². The van der Waals surface area contributed by atoms with Gasteiger partial charge >= 0.3 is 0 Å². The Morgan fingerprint density at radius 2 is 1.87 bits per heavy atom. The molecule has 1 saturated carbocycles. The molecule has 1 unspecified atom stereocenters. The van der Waals surface area contributed by atoms with Crippen molar-refractivity contribution in [1.82, 2.24) is 4.90 Å². The van der Waals surface area contributed by atoms with Crippen LogP contribution in [0, 0.1) is 11.7 Å². The molecule has 2 aromatic carbocycles. The van der Waals surface area contributed by atoms with Crippen LogP contribution in [0.4, 0.5) is 4.39 Å². The van der Waals surface area contributed by atoms with Gasteiger partial charge in [0.2, 0.25) is 0 Å². The van der Waals surface area contributed by atoms with Crippen molar-refractivity contribution in [3.05, 3.63) is 69.5 Å². The van der Waals surface area contributed by atoms with Gasteiger partial charge in [0.1, 0.15) is 11.9 Å². The molecule has 0 radical (unpaired) electrons. The highest BCUT2D eigenvalue weighted by Gasteiger charge is 2.56. The van der Waals surface area contributed by atoms with Crippen molar-refractivity contribution >= 4 is 56.2 Å². The van der Waals surface area contributed by atoms with Crippen molar-refractivity contribution in [1.29, 1.82) is 0 Å². The first-order valence-electron chi connectivity index (χ1n) is 12.8. The number of ether oxygens (including phenoxy) is 1. The first kappa shape index (κ1) is 30.2. The van der Waals surface area contributed by atoms with Gasteiger partial charge in [-0.1, -0.05) is 53.6 Å². The van der Waals surface area contributed by atoms with Crippen LogP contribution in [0.1, 0.15) is 70.2 Å². The number of sulfone groups is 1. The Balaban J connectivity index is 1.97. The SMILES string of the molecule is CC(C)(C)S(=O)(=O)CC(C1CC1)N1C(=O)[C@@](C)(CC(N)=S)O[C@H](c2cccc(Cl)c2)[C@H]1c1ccc(Cl)c(F)c1. The van der Waals surface area contributed by atoms with Crippen molar-refractivity contribution in [3.63, 3.8) is 0 Å². The highest BCUT2D eigenvalue weighted by atomic mass is 35.5. The van der Waals surface area contributed by atoms with Crippen LogP contribution < -0.4 is 5.73 Å². The Morgan fingerprint density at radius 1 is 1.21 bits per heavy atom. The average Bonchev–Trinajstić information content (AvgIpc) is 3.65. The number of nitrogens with zero attached hydrogens (tertiary/aromatic N) is 1. The quantitative estimate of drug-likeness (QED) is 0.356. The summed E-state index contributed by atoms with van der Waals surface area (Å²) in [6.45, 7) is 6.54. The second-order valence-electron chi connectivity index (χ2n) is 11.6. The summed E-state index contributed by atoms with van der Waals surface area (Å²) in [7, 11) is -3.65. The lowest BCUT2D eigenvalue weighted by molar-refractivity contribution is -0.201. The van der Waals surface area contributed by atoms with Crippen molar-refractivity contribution in [3.8, 4) is 0 Å². The minimum Gasteiger partial charge on any atom is -0.393 e. The van der Waals surface area contributed by atoms with E-state index in [0.717, 1.165) is 12.8 Å². The zero-order chi connectivity index (χ0) is 28.9. The Labute approximate surface area is 244 Å². The maximum Gasteiger partial charge on any atom is 0.255 e. The van der Waals surface area contributed by atoms with Gasteiger partial charge in [0.05, 0.1) is 26.6 Å². The van der Waals surface area contributed by atoms with Crippen LogP contribution in [-0.2, 0) is 19.4 Å². The monoisotopic (exact) mass is 614 g/mol. The minimum atomic E-state index is -3.65. The van der Waals surface area contributed by atoms with Gasteiger partial charge in [-0.3, -0.25) is 4.79 Å². The van der Waals surface area contributed by atoms with Gasteiger partial charge in [0.15, 0.2) is 15.4 Å². The Morgan fingerprint density at radius 3 is 2.41 bits per heavy atom. The van der Waals surface area contributed by atoms with E-state index in [1.54, 1.807) is 56.9 Å². The molecule has 2 fully saturated rings. The van der Waals surface area contributed by atoms with Crippen LogP contribution in [0.2, 0.25) is 10.0 Å². The van der Waals surface area contributed by atoms with Crippen LogP contribution in [0.15, 0.2) is 42.5 Å². The lowest BCUT2D eigenvalue weighted by Crippen LogP contribution is -2.62. The van der Waals surface area contributed by atoms with Gasteiger partial charge in [0.25, 0.3) is 5.91 Å². The molecule has 1 aliphatic heterocycles. The molecule has 4 atom stereocenters. The first-order chi connectivity index (χ1) is 18.0. The zero-order valence-electron chi connectivity index (χ0n) is 22.3. The maximum absolute atomic E-state index is 14.8. The molecule has 2 N–H and O–H groups in total. The molecule has 4 rings (SSSR count). The van der Waals surface area contributed by atoms with Crippen LogP contribution >= 0.6 is 35.4 Å². The van der Waals surface area contributed by atoms with E-state index in [2.05, 4.69) is 0 Å². The van der Waals surface area contributed by atoms with E-state index in [1.165, 1.54) is 12.1 Å². The van der Waals surface area contributed by atoms with Gasteiger partial charge in [-0.25, -0.2) is 12.8 Å². The molecule has 0 spiro atoms. The molecule has 39 heavy (non-hydrogen) atoms. The molecule has 1 heterocycles. The maximum atomic E-state index is 14.8. The fraction of sp³-hybridized carbons (Fsp3) is 0.500. The van der Waals surface area contributed by atoms with Gasteiger partial charge in [-0.2, -0.15) is 0 Å². The molecule has 11 heteroatoms. The predicted molar refractivity (Wildman–Crippen MR) is 156 cm³/mol. The lowest BCUT2D eigenvalue weighted by Gasteiger charge is -2.52. The summed E-state index contributed by atoms with van der Waals surface area (Å²) in [4.78, 5) is 16.1. The number of amides is 1. The summed E-state index contributed by atoms with van der Waals surface area (Å²) in [6, 6.07) is 9.78. The number of nitrogens with two attached hydrogens (primary N) is 1. The molecule has 2 aliphatic rings. The molecule has 6 nitrogen and oxygen atoms in total. The largest absolute Gasteiger partial charge is 0.393 e. The smallest absolute Gasteiger partial charge is 0.255 e. The number of carbonyl (C=O) groups excluding carboxylic acids is 1. The van der Waals surface area contributed by atoms with E-state index >= 15 is 0 Å². The number of benzene rings is 2. The number of thiocarbonyl (C=S) groups is 1. The number of hydrogen-bond donors (Lipinski definition) is 1. The molecule has 1 saturated heterocycles. The van der Waals surface area contributed by atoms with E-state index in [4.69, 9.17) is 45.9 Å². The third-order valence-electron chi connectivity index (χ3n) is 7.48. The molecular formula is C28H33Cl2FN2O4S2. The number of carbonyl (C=O) groups is 1. The van der Waals surface area contributed by atoms with Gasteiger partial charge in [-0.15, -0.1) is 0 Å². The summed E-state index contributed by atoms with van der Waals surface area (Å²) in [5, 5.41) is 0.380. The third kappa shape index (κ3) is 6.27. The highest BCUT2D eigenvalue weighted by molar-refractivity contribution is 7.92. The van der Waals surface area contributed by atoms with Gasteiger partial charge in [0, 0.05) is 17.5 Å². The second kappa shape index (κ2) is 10.9. The van der Waals surface area contributed by atoms with Gasteiger partial charge in [-0.05, 0) is 81.8 Å². The normalized spacial score (nSPS) is 25.0. The summed E-state index contributed by atoms with van der Waals surface area (Å²) in [5.41, 5.74) is 5.49. The predicted octanol–water partition coefficient (Wildman–Crippen LogP) is 6.20. The summed E-state index contributed by atoms with van der Waals surface area (Å²) in [5.74, 6) is -1.40. The number of hydrogen-bond acceptors (Lipinski definition) is 5. The highest BCUT2D eigenvalue weighted by Crippen LogP contribution is 2.51. The van der Waals surface area contributed by atoms with Crippen molar-refractivity contribution in [2.24, 2.45) is 11.7 Å². The van der Waals surface area contributed by atoms with E-state index in [1.807, 2.05) is 6.07 Å². The fourth-order valence-electron chi connectivity index (χ4n) is 5.11. The van der Waals surface area contributed by atoms with E-state index in [-0.39, 0.29) is 28.1 Å². The second-order valence-corrected chi connectivity index (χ2v) is 15.8. The summed E-state index contributed by atoms with van der Waals surface area (Å²) < 4.78 is 47.4. The standard InChI is InChI=1S/C28H33Cl2FN2O4S2/c1-27(2,3)39(35,36)15-22(16-8-9-16)33-24(17-10-11-20(30)21(31)13-17)25(18-6-5-7-19(29)12-18)37-28(4,26(33)34)14-23(32)38/h5-7,10-13,16,22,24-25H,8-9,14-15H2,1-4H3,(H2,32,38)/t22?,24-,25-,28-/m1/s1. The molecule has 212 valence electrons. The van der Waals surface area contributed by atoms with E-state index < -0.39 is 50.1 Å². The molecule has 0 aromatic heterocycles. The zero-order valence-corrected chi connectivity index (χ0v) is 25.4. The number of halogens is 3. The topological polar surface area (TPSA) is 89.7 Å². The number of rotatable bonds is 8. The van der Waals surface area contributed by atoms with Crippen molar-refractivity contribution in [2.75, 3.05) is 5.75 Å². The Kier molecular flexibility index (Phi) is 8.43. The van der Waals surface area contributed by atoms with Crippen LogP contribution in [0.3, 0.4) is 0 Å². The van der Waals surface area contributed by atoms with Crippen molar-refractivity contribution < 1.29 is 22.3 Å². The van der Waals surface area contributed by atoms with Crippen LogP contribution in [0.5, 0.6) is 0 Å². The molecule has 1 aliphatic carbocycles. The average molecular weight is 616 g/mol. The number of morpholine rings is 1. The fourth-order valence-corrected chi connectivity index (χ4v) is 7.09. The van der Waals surface area contributed by atoms with Crippen LogP contribution in [0.25, 0.3) is 0 Å². The Hall–Kier alpha value is -1.78. The van der Waals surface area contributed by atoms with Gasteiger partial charge < -0.3 is 15.4 Å². The lowest BCUT2D eigenvalue weighted by atomic mass is 9.85. The summed E-state index contributed by atoms with van der Waals surface area (Å²) >= 11 is 17.5. The molecule has 2 aromatic rings. The van der Waals surface area contributed by atoms with Crippen LogP contribution in [-0.4, -0.2) is 46.4 Å². The molecule has 1 amide bonds. The molecule has 0 bridgehead atoms. The van der Waals surface area contributed by atoms with Crippen molar-refractivity contribution in [2.45, 2.75) is 75.5 Å². The third-order valence-corrected chi connectivity index (χ3v) is 10.8. The first-order valence-corrected chi connectivity index (χ1v) is 15.6. The van der Waals surface area contributed by atoms with E-state index in [9.17, 15) is 17.6 Å². The Bertz CT molecular complexity index is 1390. The summed E-state index contributed by atoms with van der Waals surface area (Å²) in [6.07, 6.45) is 0.648. The molecular weight excluding hydrogens is 582 g/mol.